The third-order valence-corrected chi connectivity index (χ3v) is 5.71. The maximum absolute atomic E-state index is 12.4. The zero-order valence-electron chi connectivity index (χ0n) is 17.7. The number of methoxy groups -OCH3 is 3. The fourth-order valence-corrected chi connectivity index (χ4v) is 4.14. The summed E-state index contributed by atoms with van der Waals surface area (Å²) < 4.78 is 15.4. The van der Waals surface area contributed by atoms with Gasteiger partial charge in [0.2, 0.25) is 0 Å². The van der Waals surface area contributed by atoms with E-state index >= 15 is 0 Å². The van der Waals surface area contributed by atoms with Gasteiger partial charge < -0.3 is 29.7 Å². The summed E-state index contributed by atoms with van der Waals surface area (Å²) in [5.74, 6) is 0.521. The summed E-state index contributed by atoms with van der Waals surface area (Å²) in [7, 11) is 7.75. The molecule has 8 nitrogen and oxygen atoms in total. The molecule has 0 spiro atoms. The van der Waals surface area contributed by atoms with Crippen molar-refractivity contribution in [2.45, 2.75) is 13.5 Å². The highest BCUT2D eigenvalue weighted by atomic mass is 32.1. The standard InChI is InChI=1S/C20H25N3O5S2/c1-11-15(19(25)28-6)17(30-16(11)18(24)23(2)3)22-20(29)21-10-12-7-8-13(26-4)14(9-12)27-5/h7-9H,10H2,1-6H3,(H2,21,22,29). The summed E-state index contributed by atoms with van der Waals surface area (Å²) in [6, 6.07) is 5.54. The van der Waals surface area contributed by atoms with E-state index in [-0.39, 0.29) is 5.91 Å². The topological polar surface area (TPSA) is 89.1 Å². The number of carbonyl (C=O) groups is 2. The molecule has 0 unspecified atom stereocenters. The Bertz CT molecular complexity index is 956. The smallest absolute Gasteiger partial charge is 0.341 e. The lowest BCUT2D eigenvalue weighted by Crippen LogP contribution is -2.28. The van der Waals surface area contributed by atoms with Gasteiger partial charge in [0.15, 0.2) is 16.6 Å². The van der Waals surface area contributed by atoms with Crippen molar-refractivity contribution >= 4 is 45.5 Å². The van der Waals surface area contributed by atoms with Crippen molar-refractivity contribution in [2.24, 2.45) is 0 Å². The summed E-state index contributed by atoms with van der Waals surface area (Å²) >= 11 is 6.54. The average Bonchev–Trinajstić information content (AvgIpc) is 3.06. The van der Waals surface area contributed by atoms with Crippen molar-refractivity contribution in [2.75, 3.05) is 40.7 Å². The van der Waals surface area contributed by atoms with Crippen LogP contribution in [-0.4, -0.2) is 57.3 Å². The second-order valence-electron chi connectivity index (χ2n) is 6.45. The van der Waals surface area contributed by atoms with Gasteiger partial charge >= 0.3 is 5.97 Å². The second-order valence-corrected chi connectivity index (χ2v) is 7.88. The molecule has 0 saturated heterocycles. The Hall–Kier alpha value is -2.85. The van der Waals surface area contributed by atoms with Gasteiger partial charge in [-0.3, -0.25) is 4.79 Å². The number of hydrogen-bond donors (Lipinski definition) is 2. The first-order chi connectivity index (χ1) is 14.2. The summed E-state index contributed by atoms with van der Waals surface area (Å²) in [5, 5.41) is 6.86. The van der Waals surface area contributed by atoms with Crippen molar-refractivity contribution in [3.05, 3.63) is 39.8 Å². The molecular formula is C20H25N3O5S2. The van der Waals surface area contributed by atoms with E-state index in [1.807, 2.05) is 18.2 Å². The highest BCUT2D eigenvalue weighted by Gasteiger charge is 2.26. The Morgan fingerprint density at radius 2 is 1.80 bits per heavy atom. The third kappa shape index (κ3) is 5.19. The summed E-state index contributed by atoms with van der Waals surface area (Å²) in [6.07, 6.45) is 0. The first kappa shape index (κ1) is 23.4. The molecule has 2 rings (SSSR count). The van der Waals surface area contributed by atoms with Crippen LogP contribution in [0.2, 0.25) is 0 Å². The van der Waals surface area contributed by atoms with Crippen molar-refractivity contribution in [3.63, 3.8) is 0 Å². The summed E-state index contributed by atoms with van der Waals surface area (Å²) in [6.45, 7) is 2.14. The van der Waals surface area contributed by atoms with Gasteiger partial charge in [-0.1, -0.05) is 6.07 Å². The van der Waals surface area contributed by atoms with E-state index in [0.29, 0.717) is 44.2 Å². The monoisotopic (exact) mass is 451 g/mol. The number of benzene rings is 1. The molecule has 0 saturated carbocycles. The van der Waals surface area contributed by atoms with E-state index in [2.05, 4.69) is 10.6 Å². The molecule has 10 heteroatoms. The minimum Gasteiger partial charge on any atom is -0.493 e. The lowest BCUT2D eigenvalue weighted by Gasteiger charge is -2.12. The lowest BCUT2D eigenvalue weighted by molar-refractivity contribution is 0.0601. The molecule has 0 aliphatic carbocycles. The van der Waals surface area contributed by atoms with Gasteiger partial charge in [0.25, 0.3) is 5.91 Å². The molecule has 0 aliphatic heterocycles. The molecule has 0 radical (unpaired) electrons. The first-order valence-electron chi connectivity index (χ1n) is 8.92. The third-order valence-electron chi connectivity index (χ3n) is 4.26. The maximum Gasteiger partial charge on any atom is 0.341 e. The molecule has 0 fully saturated rings. The minimum absolute atomic E-state index is 0.195. The van der Waals surface area contributed by atoms with Crippen LogP contribution >= 0.6 is 23.6 Å². The van der Waals surface area contributed by atoms with E-state index < -0.39 is 5.97 Å². The quantitative estimate of drug-likeness (QED) is 0.491. The Kier molecular flexibility index (Phi) is 8.01. The Morgan fingerprint density at radius 1 is 1.13 bits per heavy atom. The number of carbonyl (C=O) groups excluding carboxylic acids is 2. The van der Waals surface area contributed by atoms with Crippen LogP contribution in [0.3, 0.4) is 0 Å². The van der Waals surface area contributed by atoms with Crippen molar-refractivity contribution in [1.29, 1.82) is 0 Å². The number of rotatable bonds is 7. The van der Waals surface area contributed by atoms with Crippen molar-refractivity contribution in [1.82, 2.24) is 10.2 Å². The van der Waals surface area contributed by atoms with Gasteiger partial charge in [-0.2, -0.15) is 0 Å². The van der Waals surface area contributed by atoms with Gasteiger partial charge in [-0.15, -0.1) is 11.3 Å². The second kappa shape index (κ2) is 10.3. The van der Waals surface area contributed by atoms with Gasteiger partial charge in [-0.25, -0.2) is 4.79 Å². The zero-order valence-corrected chi connectivity index (χ0v) is 19.4. The van der Waals surface area contributed by atoms with Crippen LogP contribution in [0.25, 0.3) is 0 Å². The van der Waals surface area contributed by atoms with Gasteiger partial charge in [0, 0.05) is 20.6 Å². The van der Waals surface area contributed by atoms with Crippen LogP contribution in [0, 0.1) is 6.92 Å². The SMILES string of the molecule is COC(=O)c1c(NC(=S)NCc2ccc(OC)c(OC)c2)sc(C(=O)N(C)C)c1C. The number of amides is 1. The van der Waals surface area contributed by atoms with Crippen LogP contribution in [0.4, 0.5) is 5.00 Å². The highest BCUT2D eigenvalue weighted by Crippen LogP contribution is 2.34. The molecule has 0 aliphatic rings. The van der Waals surface area contributed by atoms with E-state index in [1.165, 1.54) is 12.0 Å². The molecule has 162 valence electrons. The number of nitrogens with zero attached hydrogens (tertiary/aromatic N) is 1. The minimum atomic E-state index is -0.535. The summed E-state index contributed by atoms with van der Waals surface area (Å²) in [5.41, 5.74) is 1.77. The van der Waals surface area contributed by atoms with Crippen LogP contribution < -0.4 is 20.1 Å². The number of thiophene rings is 1. The molecule has 0 bridgehead atoms. The summed E-state index contributed by atoms with van der Waals surface area (Å²) in [4.78, 5) is 26.6. The molecule has 30 heavy (non-hydrogen) atoms. The molecule has 1 aromatic heterocycles. The molecule has 2 aromatic rings. The Morgan fingerprint density at radius 3 is 2.37 bits per heavy atom. The normalized spacial score (nSPS) is 10.2. The van der Waals surface area contributed by atoms with Crippen LogP contribution in [0.15, 0.2) is 18.2 Å². The Labute approximate surface area is 185 Å². The molecular weight excluding hydrogens is 426 g/mol. The number of thiocarbonyl (C=S) groups is 1. The van der Waals surface area contributed by atoms with E-state index in [0.717, 1.165) is 16.9 Å². The van der Waals surface area contributed by atoms with E-state index in [9.17, 15) is 9.59 Å². The van der Waals surface area contributed by atoms with Crippen molar-refractivity contribution < 1.29 is 23.8 Å². The predicted octanol–water partition coefficient (Wildman–Crippen LogP) is 3.05. The number of esters is 1. The van der Waals surface area contributed by atoms with Gasteiger partial charge in [0.1, 0.15) is 5.00 Å². The van der Waals surface area contributed by atoms with Crippen LogP contribution in [-0.2, 0) is 11.3 Å². The number of ether oxygens (including phenoxy) is 3. The molecule has 1 amide bonds. The number of anilines is 1. The largest absolute Gasteiger partial charge is 0.493 e. The van der Waals surface area contributed by atoms with E-state index in [4.69, 9.17) is 26.4 Å². The fourth-order valence-electron chi connectivity index (χ4n) is 2.68. The fraction of sp³-hybridized carbons (Fsp3) is 0.350. The molecule has 0 atom stereocenters. The first-order valence-corrected chi connectivity index (χ1v) is 10.1. The van der Waals surface area contributed by atoms with Crippen LogP contribution in [0.5, 0.6) is 11.5 Å². The number of nitrogens with one attached hydrogen (secondary N) is 2. The lowest BCUT2D eigenvalue weighted by atomic mass is 10.1. The number of hydrogen-bond acceptors (Lipinski definition) is 7. The zero-order chi connectivity index (χ0) is 22.4. The molecule has 2 N–H and O–H groups in total. The average molecular weight is 452 g/mol. The predicted molar refractivity (Wildman–Crippen MR) is 121 cm³/mol. The molecule has 1 heterocycles. The highest BCUT2D eigenvalue weighted by molar-refractivity contribution is 7.80. The Balaban J connectivity index is 2.19. The molecule has 1 aromatic carbocycles. The van der Waals surface area contributed by atoms with E-state index in [1.54, 1.807) is 35.2 Å². The van der Waals surface area contributed by atoms with Gasteiger partial charge in [-0.05, 0) is 42.4 Å². The van der Waals surface area contributed by atoms with Crippen LogP contribution in [0.1, 0.15) is 31.2 Å². The van der Waals surface area contributed by atoms with Crippen molar-refractivity contribution in [3.8, 4) is 11.5 Å². The maximum atomic E-state index is 12.4. The van der Waals surface area contributed by atoms with Gasteiger partial charge in [0.05, 0.1) is 31.8 Å².